The number of aryl methyl sites for hydroxylation is 1. The Morgan fingerprint density at radius 1 is 1.42 bits per heavy atom. The summed E-state index contributed by atoms with van der Waals surface area (Å²) < 4.78 is 1.18. The maximum Gasteiger partial charge on any atom is 0.0534 e. The lowest BCUT2D eigenvalue weighted by Crippen LogP contribution is -2.36. The van der Waals surface area contributed by atoms with E-state index >= 15 is 0 Å². The number of nitrogens with one attached hydrogen (secondary N) is 2. The van der Waals surface area contributed by atoms with Gasteiger partial charge < -0.3 is 5.32 Å². The Kier molecular flexibility index (Phi) is 3.71. The molecule has 1 heterocycles. The number of hydrogen-bond acceptors (Lipinski definition) is 2. The smallest absolute Gasteiger partial charge is 0.0534 e. The molecule has 0 spiro atoms. The van der Waals surface area contributed by atoms with Crippen molar-refractivity contribution in [3.8, 4) is 0 Å². The second-order valence-electron chi connectivity index (χ2n) is 5.27. The molecule has 19 heavy (non-hydrogen) atoms. The molecule has 1 aliphatic rings. The van der Waals surface area contributed by atoms with Crippen molar-refractivity contribution in [2.45, 2.75) is 38.3 Å². The molecule has 0 aliphatic heterocycles. The fourth-order valence-electron chi connectivity index (χ4n) is 2.81. The molecule has 0 saturated carbocycles. The van der Waals surface area contributed by atoms with Gasteiger partial charge in [-0.25, -0.2) is 0 Å². The first-order valence-corrected chi connectivity index (χ1v) is 7.53. The lowest BCUT2D eigenvalue weighted by molar-refractivity contribution is 0.414. The van der Waals surface area contributed by atoms with Crippen LogP contribution in [0.25, 0.3) is 0 Å². The van der Waals surface area contributed by atoms with Crippen LogP contribution in [-0.2, 0) is 12.8 Å². The monoisotopic (exact) mass is 319 g/mol. The molecule has 1 aliphatic carbocycles. The van der Waals surface area contributed by atoms with Gasteiger partial charge in [-0.3, -0.25) is 5.10 Å². The summed E-state index contributed by atoms with van der Waals surface area (Å²) >= 11 is 3.55. The van der Waals surface area contributed by atoms with Gasteiger partial charge in [0.25, 0.3) is 0 Å². The van der Waals surface area contributed by atoms with Gasteiger partial charge in [-0.05, 0) is 49.4 Å². The molecule has 100 valence electrons. The van der Waals surface area contributed by atoms with E-state index in [-0.39, 0.29) is 0 Å². The van der Waals surface area contributed by atoms with Crippen LogP contribution in [0.5, 0.6) is 0 Å². The van der Waals surface area contributed by atoms with Crippen LogP contribution >= 0.6 is 15.9 Å². The molecule has 2 atom stereocenters. The van der Waals surface area contributed by atoms with Crippen molar-refractivity contribution in [1.82, 2.24) is 15.5 Å². The van der Waals surface area contributed by atoms with E-state index in [1.807, 2.05) is 12.4 Å². The molecule has 1 aromatic carbocycles. The molecule has 1 aromatic heterocycles. The Bertz CT molecular complexity index is 551. The van der Waals surface area contributed by atoms with Crippen LogP contribution in [0, 0.1) is 0 Å². The number of nitrogens with zero attached hydrogens (tertiary/aromatic N) is 1. The van der Waals surface area contributed by atoms with Gasteiger partial charge in [-0.15, -0.1) is 0 Å². The molecule has 0 saturated heterocycles. The van der Waals surface area contributed by atoms with Gasteiger partial charge in [-0.1, -0.05) is 22.0 Å². The topological polar surface area (TPSA) is 40.7 Å². The molecule has 0 bridgehead atoms. The van der Waals surface area contributed by atoms with Gasteiger partial charge in [0, 0.05) is 28.3 Å². The van der Waals surface area contributed by atoms with Crippen molar-refractivity contribution in [3.05, 3.63) is 51.8 Å². The molecule has 0 fully saturated rings. The molecule has 2 N–H and O–H groups in total. The van der Waals surface area contributed by atoms with E-state index in [0.717, 1.165) is 12.8 Å². The molecule has 4 heteroatoms. The first-order chi connectivity index (χ1) is 9.22. The first-order valence-electron chi connectivity index (χ1n) is 6.74. The average molecular weight is 320 g/mol. The predicted molar refractivity (Wildman–Crippen MR) is 80.1 cm³/mol. The minimum atomic E-state index is 0.348. The number of fused-ring (bicyclic) bond motifs is 1. The minimum absolute atomic E-state index is 0.348. The van der Waals surface area contributed by atoms with Crippen LogP contribution < -0.4 is 5.32 Å². The van der Waals surface area contributed by atoms with Crippen LogP contribution in [0.2, 0.25) is 0 Å². The van der Waals surface area contributed by atoms with E-state index in [9.17, 15) is 0 Å². The zero-order valence-electron chi connectivity index (χ0n) is 11.0. The van der Waals surface area contributed by atoms with E-state index in [4.69, 9.17) is 0 Å². The second-order valence-corrected chi connectivity index (χ2v) is 6.19. The fourth-order valence-corrected chi connectivity index (χ4v) is 3.22. The van der Waals surface area contributed by atoms with Crippen molar-refractivity contribution >= 4 is 15.9 Å². The number of aromatic nitrogens is 2. The van der Waals surface area contributed by atoms with Crippen molar-refractivity contribution in [3.63, 3.8) is 0 Å². The van der Waals surface area contributed by atoms with Gasteiger partial charge in [0.15, 0.2) is 0 Å². The van der Waals surface area contributed by atoms with Gasteiger partial charge in [-0.2, -0.15) is 5.10 Å². The Morgan fingerprint density at radius 3 is 3.11 bits per heavy atom. The zero-order chi connectivity index (χ0) is 13.2. The highest BCUT2D eigenvalue weighted by atomic mass is 79.9. The molecule has 2 unspecified atom stereocenters. The predicted octanol–water partition coefficient (Wildman–Crippen LogP) is 3.38. The Balaban J connectivity index is 1.67. The average Bonchev–Trinajstić information content (AvgIpc) is 2.93. The fraction of sp³-hybridized carbons (Fsp3) is 0.400. The summed E-state index contributed by atoms with van der Waals surface area (Å²) in [6.07, 6.45) is 7.33. The summed E-state index contributed by atoms with van der Waals surface area (Å²) in [5.41, 5.74) is 4.19. The van der Waals surface area contributed by atoms with Gasteiger partial charge >= 0.3 is 0 Å². The maximum atomic E-state index is 4.01. The van der Waals surface area contributed by atoms with Crippen LogP contribution in [0.3, 0.4) is 0 Å². The Labute approximate surface area is 121 Å². The summed E-state index contributed by atoms with van der Waals surface area (Å²) in [7, 11) is 0. The Hall–Kier alpha value is -1.13. The third-order valence-electron chi connectivity index (χ3n) is 3.90. The van der Waals surface area contributed by atoms with Gasteiger partial charge in [0.2, 0.25) is 0 Å². The lowest BCUT2D eigenvalue weighted by atomic mass is 9.88. The van der Waals surface area contributed by atoms with Crippen LogP contribution in [0.4, 0.5) is 0 Å². The first kappa shape index (κ1) is 12.9. The van der Waals surface area contributed by atoms with E-state index in [1.165, 1.54) is 27.6 Å². The minimum Gasteiger partial charge on any atom is -0.307 e. The normalized spacial score (nSPS) is 20.0. The molecular formula is C15H18BrN3. The van der Waals surface area contributed by atoms with E-state index < -0.39 is 0 Å². The molecule has 0 radical (unpaired) electrons. The molecule has 3 nitrogen and oxygen atoms in total. The number of halogens is 1. The molecule has 2 aromatic rings. The number of aromatic amines is 1. The van der Waals surface area contributed by atoms with Crippen LogP contribution in [-0.4, -0.2) is 16.2 Å². The largest absolute Gasteiger partial charge is 0.307 e. The summed E-state index contributed by atoms with van der Waals surface area (Å²) in [6, 6.07) is 7.54. The van der Waals surface area contributed by atoms with Crippen molar-refractivity contribution in [2.75, 3.05) is 0 Å². The summed E-state index contributed by atoms with van der Waals surface area (Å²) in [5.74, 6) is 0. The summed E-state index contributed by atoms with van der Waals surface area (Å²) in [5, 5.41) is 10.6. The summed E-state index contributed by atoms with van der Waals surface area (Å²) in [4.78, 5) is 0. The third kappa shape index (κ3) is 2.90. The number of H-pyrrole nitrogens is 1. The van der Waals surface area contributed by atoms with Crippen molar-refractivity contribution in [1.29, 1.82) is 0 Å². The highest BCUT2D eigenvalue weighted by molar-refractivity contribution is 9.10. The van der Waals surface area contributed by atoms with Crippen LogP contribution in [0.1, 0.15) is 36.1 Å². The zero-order valence-corrected chi connectivity index (χ0v) is 12.6. The lowest BCUT2D eigenvalue weighted by Gasteiger charge is -2.28. The molecule has 0 amide bonds. The van der Waals surface area contributed by atoms with Crippen molar-refractivity contribution < 1.29 is 0 Å². The SMILES string of the molecule is CC(NC1CCc2cc(Br)ccc2C1)c1cn[nH]c1. The number of benzene rings is 1. The van der Waals surface area contributed by atoms with E-state index in [1.54, 1.807) is 0 Å². The third-order valence-corrected chi connectivity index (χ3v) is 4.40. The molecule has 3 rings (SSSR count). The number of rotatable bonds is 3. The van der Waals surface area contributed by atoms with Crippen molar-refractivity contribution in [2.24, 2.45) is 0 Å². The Morgan fingerprint density at radius 2 is 2.32 bits per heavy atom. The van der Waals surface area contributed by atoms with Gasteiger partial charge in [0.05, 0.1) is 6.20 Å². The highest BCUT2D eigenvalue weighted by Gasteiger charge is 2.20. The quantitative estimate of drug-likeness (QED) is 0.910. The van der Waals surface area contributed by atoms with E-state index in [2.05, 4.69) is 56.6 Å². The highest BCUT2D eigenvalue weighted by Crippen LogP contribution is 2.26. The molecular weight excluding hydrogens is 302 g/mol. The standard InChI is InChI=1S/C15H18BrN3/c1-10(13-8-17-18-9-13)19-15-5-3-11-6-14(16)4-2-12(11)7-15/h2,4,6,8-10,15,19H,3,5,7H2,1H3,(H,17,18). The van der Waals surface area contributed by atoms with E-state index in [0.29, 0.717) is 12.1 Å². The van der Waals surface area contributed by atoms with Crippen LogP contribution in [0.15, 0.2) is 35.1 Å². The maximum absolute atomic E-state index is 4.01. The number of hydrogen-bond donors (Lipinski definition) is 2. The van der Waals surface area contributed by atoms with Gasteiger partial charge in [0.1, 0.15) is 0 Å². The summed E-state index contributed by atoms with van der Waals surface area (Å²) in [6.45, 7) is 2.20. The second kappa shape index (κ2) is 5.47.